The average molecular weight is 181 g/mol. The molecule has 13 heavy (non-hydrogen) atoms. The van der Waals surface area contributed by atoms with Crippen molar-refractivity contribution in [2.45, 2.75) is 20.1 Å². The Morgan fingerprint density at radius 3 is 2.77 bits per heavy atom. The first-order valence-electron chi connectivity index (χ1n) is 4.26. The highest BCUT2D eigenvalue weighted by atomic mass is 16.4. The van der Waals surface area contributed by atoms with E-state index >= 15 is 0 Å². The number of hydrogen-bond acceptors (Lipinski definition) is 3. The van der Waals surface area contributed by atoms with Gasteiger partial charge in [0, 0.05) is 6.54 Å². The molecule has 0 spiro atoms. The number of hydrogen-bond donors (Lipinski definition) is 2. The normalized spacial score (nSPS) is 10.3. The van der Waals surface area contributed by atoms with Crippen LogP contribution >= 0.6 is 0 Å². The molecule has 3 heteroatoms. The number of aliphatic hydroxyl groups is 1. The Labute approximate surface area is 78.1 Å². The van der Waals surface area contributed by atoms with Gasteiger partial charge in [0.25, 0.3) is 0 Å². The highest BCUT2D eigenvalue weighted by molar-refractivity contribution is 5.06. The van der Waals surface area contributed by atoms with Crippen molar-refractivity contribution < 1.29 is 9.52 Å². The molecule has 0 aromatic carbocycles. The van der Waals surface area contributed by atoms with Crippen LogP contribution in [-0.4, -0.2) is 11.7 Å². The highest BCUT2D eigenvalue weighted by Gasteiger charge is 1.99. The van der Waals surface area contributed by atoms with Crippen LogP contribution in [0.3, 0.4) is 0 Å². The summed E-state index contributed by atoms with van der Waals surface area (Å²) >= 11 is 0. The van der Waals surface area contributed by atoms with Gasteiger partial charge in [-0.15, -0.1) is 0 Å². The lowest BCUT2D eigenvalue weighted by Gasteiger charge is -2.00. The predicted molar refractivity (Wildman–Crippen MR) is 51.2 cm³/mol. The van der Waals surface area contributed by atoms with E-state index < -0.39 is 0 Å². The van der Waals surface area contributed by atoms with Crippen LogP contribution in [0.1, 0.15) is 18.4 Å². The molecule has 72 valence electrons. The summed E-state index contributed by atoms with van der Waals surface area (Å²) in [4.78, 5) is 0. The maximum atomic E-state index is 8.74. The third-order valence-electron chi connectivity index (χ3n) is 1.60. The van der Waals surface area contributed by atoms with Gasteiger partial charge in [-0.1, -0.05) is 12.2 Å². The van der Waals surface area contributed by atoms with Gasteiger partial charge in [-0.2, -0.15) is 0 Å². The molecule has 1 rings (SSSR count). The zero-order valence-corrected chi connectivity index (χ0v) is 7.84. The summed E-state index contributed by atoms with van der Waals surface area (Å²) in [5, 5.41) is 11.9. The molecule has 0 saturated heterocycles. The van der Waals surface area contributed by atoms with Crippen LogP contribution in [0, 0.1) is 0 Å². The van der Waals surface area contributed by atoms with Crippen LogP contribution in [0.25, 0.3) is 0 Å². The second kappa shape index (κ2) is 4.84. The minimum atomic E-state index is -0.0412. The summed E-state index contributed by atoms with van der Waals surface area (Å²) in [6, 6.07) is 3.63. The van der Waals surface area contributed by atoms with Crippen molar-refractivity contribution in [3.63, 3.8) is 0 Å². The lowest BCUT2D eigenvalue weighted by Crippen LogP contribution is -2.14. The molecule has 0 fully saturated rings. The smallest absolute Gasteiger partial charge is 0.129 e. The van der Waals surface area contributed by atoms with Gasteiger partial charge in [0.15, 0.2) is 0 Å². The molecule has 0 aliphatic carbocycles. The minimum Gasteiger partial charge on any atom is -0.462 e. The maximum Gasteiger partial charge on any atom is 0.129 e. The van der Waals surface area contributed by atoms with Gasteiger partial charge in [0.05, 0.1) is 6.54 Å². The quantitative estimate of drug-likeness (QED) is 0.675. The summed E-state index contributed by atoms with van der Waals surface area (Å²) in [7, 11) is 0. The molecule has 1 aromatic heterocycles. The number of nitrogens with one attached hydrogen (secondary N) is 1. The first-order valence-corrected chi connectivity index (χ1v) is 4.26. The summed E-state index contributed by atoms with van der Waals surface area (Å²) in [6.45, 7) is 7.16. The van der Waals surface area contributed by atoms with Crippen molar-refractivity contribution in [2.75, 3.05) is 6.54 Å². The molecule has 3 nitrogen and oxygen atoms in total. The van der Waals surface area contributed by atoms with Crippen molar-refractivity contribution in [3.05, 3.63) is 35.8 Å². The fourth-order valence-corrected chi connectivity index (χ4v) is 1.00. The number of rotatable bonds is 5. The topological polar surface area (TPSA) is 45.4 Å². The average Bonchev–Trinajstić information content (AvgIpc) is 2.52. The molecule has 0 aliphatic heterocycles. The maximum absolute atomic E-state index is 8.74. The largest absolute Gasteiger partial charge is 0.462 e. The van der Waals surface area contributed by atoms with E-state index in [0.29, 0.717) is 12.3 Å². The molecule has 1 heterocycles. The fourth-order valence-electron chi connectivity index (χ4n) is 1.00. The van der Waals surface area contributed by atoms with Crippen LogP contribution in [0.4, 0.5) is 0 Å². The van der Waals surface area contributed by atoms with E-state index in [9.17, 15) is 0 Å². The first kappa shape index (κ1) is 10.0. The zero-order chi connectivity index (χ0) is 9.68. The second-order valence-electron chi connectivity index (χ2n) is 3.09. The van der Waals surface area contributed by atoms with Crippen LogP contribution < -0.4 is 5.32 Å². The Morgan fingerprint density at radius 1 is 1.54 bits per heavy atom. The van der Waals surface area contributed by atoms with Gasteiger partial charge in [-0.25, -0.2) is 0 Å². The number of aliphatic hydroxyl groups excluding tert-OH is 1. The standard InChI is InChI=1S/C10H15NO2/c1-8(2)5-11-6-9-3-4-10(7-12)13-9/h3-4,11-12H,1,5-7H2,2H3. The van der Waals surface area contributed by atoms with Gasteiger partial charge in [-0.3, -0.25) is 0 Å². The SMILES string of the molecule is C=C(C)CNCc1ccc(CO)o1. The molecule has 1 aromatic rings. The van der Waals surface area contributed by atoms with E-state index in [4.69, 9.17) is 9.52 Å². The van der Waals surface area contributed by atoms with E-state index in [1.807, 2.05) is 13.0 Å². The van der Waals surface area contributed by atoms with E-state index in [-0.39, 0.29) is 6.61 Å². The molecular formula is C10H15NO2. The Morgan fingerprint density at radius 2 is 2.23 bits per heavy atom. The van der Waals surface area contributed by atoms with Crippen LogP contribution in [-0.2, 0) is 13.2 Å². The first-order chi connectivity index (χ1) is 6.22. The van der Waals surface area contributed by atoms with Crippen molar-refractivity contribution in [1.82, 2.24) is 5.32 Å². The van der Waals surface area contributed by atoms with Crippen LogP contribution in [0.15, 0.2) is 28.7 Å². The van der Waals surface area contributed by atoms with Gasteiger partial charge in [-0.05, 0) is 19.1 Å². The summed E-state index contributed by atoms with van der Waals surface area (Å²) in [6.07, 6.45) is 0. The lowest BCUT2D eigenvalue weighted by atomic mass is 10.3. The van der Waals surface area contributed by atoms with Crippen molar-refractivity contribution in [3.8, 4) is 0 Å². The van der Waals surface area contributed by atoms with E-state index in [0.717, 1.165) is 17.9 Å². The Hall–Kier alpha value is -1.06. The summed E-state index contributed by atoms with van der Waals surface area (Å²) in [5.41, 5.74) is 1.09. The van der Waals surface area contributed by atoms with Crippen molar-refractivity contribution >= 4 is 0 Å². The molecule has 0 atom stereocenters. The molecule has 0 radical (unpaired) electrons. The highest BCUT2D eigenvalue weighted by Crippen LogP contribution is 2.06. The van der Waals surface area contributed by atoms with Gasteiger partial charge in [0.1, 0.15) is 18.1 Å². The second-order valence-corrected chi connectivity index (χ2v) is 3.09. The van der Waals surface area contributed by atoms with Gasteiger partial charge in [0.2, 0.25) is 0 Å². The fraction of sp³-hybridized carbons (Fsp3) is 0.400. The molecular weight excluding hydrogens is 166 g/mol. The van der Waals surface area contributed by atoms with Gasteiger partial charge < -0.3 is 14.8 Å². The molecule has 0 aliphatic rings. The van der Waals surface area contributed by atoms with E-state index in [1.165, 1.54) is 0 Å². The Balaban J connectivity index is 2.32. The lowest BCUT2D eigenvalue weighted by molar-refractivity contribution is 0.243. The third kappa shape index (κ3) is 3.44. The third-order valence-corrected chi connectivity index (χ3v) is 1.60. The van der Waals surface area contributed by atoms with Crippen molar-refractivity contribution in [2.24, 2.45) is 0 Å². The van der Waals surface area contributed by atoms with E-state index in [1.54, 1.807) is 6.07 Å². The zero-order valence-electron chi connectivity index (χ0n) is 7.84. The Kier molecular flexibility index (Phi) is 3.73. The summed E-state index contributed by atoms with van der Waals surface area (Å²) in [5.74, 6) is 1.44. The Bertz CT molecular complexity index is 278. The monoisotopic (exact) mass is 181 g/mol. The van der Waals surface area contributed by atoms with E-state index in [2.05, 4.69) is 11.9 Å². The number of furan rings is 1. The molecule has 0 bridgehead atoms. The predicted octanol–water partition coefficient (Wildman–Crippen LogP) is 1.44. The van der Waals surface area contributed by atoms with Crippen LogP contribution in [0.2, 0.25) is 0 Å². The molecule has 0 saturated carbocycles. The van der Waals surface area contributed by atoms with Crippen molar-refractivity contribution in [1.29, 1.82) is 0 Å². The minimum absolute atomic E-state index is 0.0412. The van der Waals surface area contributed by atoms with Gasteiger partial charge >= 0.3 is 0 Å². The molecule has 0 amide bonds. The summed E-state index contributed by atoms with van der Waals surface area (Å²) < 4.78 is 5.27. The molecule has 2 N–H and O–H groups in total. The molecule has 0 unspecified atom stereocenters. The van der Waals surface area contributed by atoms with Crippen LogP contribution in [0.5, 0.6) is 0 Å².